The number of carbonyl (C=O) groups excluding carboxylic acids is 2. The first-order chi connectivity index (χ1) is 10.2. The van der Waals surface area contributed by atoms with Crippen LogP contribution in [0, 0.1) is 0 Å². The van der Waals surface area contributed by atoms with E-state index in [9.17, 15) is 9.59 Å². The van der Waals surface area contributed by atoms with Gasteiger partial charge < -0.3 is 20.9 Å². The summed E-state index contributed by atoms with van der Waals surface area (Å²) in [5.74, 6) is -0.0665. The molecule has 2 aliphatic heterocycles. The molecule has 0 spiro atoms. The average molecular weight is 288 g/mol. The lowest BCUT2D eigenvalue weighted by Crippen LogP contribution is -2.44. The summed E-state index contributed by atoms with van der Waals surface area (Å²) < 4.78 is 0. The standard InChI is InChI=1S/C15H20N4O2/c20-14(4-7-19-8-5-16-6-9-19)18-13-3-1-2-11-12(13)10-17-15(11)21/h1-3,16H,4-10H2,(H,17,21)(H,18,20). The largest absolute Gasteiger partial charge is 0.348 e. The molecule has 1 aromatic rings. The van der Waals surface area contributed by atoms with Gasteiger partial charge in [-0.05, 0) is 12.1 Å². The average Bonchev–Trinajstić information content (AvgIpc) is 2.89. The Morgan fingerprint density at radius 2 is 2.10 bits per heavy atom. The second-order valence-corrected chi connectivity index (χ2v) is 5.40. The number of anilines is 1. The zero-order valence-corrected chi connectivity index (χ0v) is 11.9. The Balaban J connectivity index is 1.57. The molecule has 2 aliphatic rings. The van der Waals surface area contributed by atoms with Gasteiger partial charge in [-0.1, -0.05) is 6.07 Å². The van der Waals surface area contributed by atoms with Gasteiger partial charge in [0, 0.05) is 62.5 Å². The molecule has 0 unspecified atom stereocenters. The fourth-order valence-electron chi connectivity index (χ4n) is 2.78. The number of rotatable bonds is 4. The second-order valence-electron chi connectivity index (χ2n) is 5.40. The number of fused-ring (bicyclic) bond motifs is 1. The van der Waals surface area contributed by atoms with Crippen molar-refractivity contribution in [3.63, 3.8) is 0 Å². The van der Waals surface area contributed by atoms with Crippen molar-refractivity contribution in [1.82, 2.24) is 15.5 Å². The highest BCUT2D eigenvalue weighted by molar-refractivity contribution is 6.02. The lowest BCUT2D eigenvalue weighted by atomic mass is 10.1. The van der Waals surface area contributed by atoms with Gasteiger partial charge in [-0.15, -0.1) is 0 Å². The Labute approximate surface area is 123 Å². The fourth-order valence-corrected chi connectivity index (χ4v) is 2.78. The number of amides is 2. The minimum atomic E-state index is -0.0677. The fraction of sp³-hybridized carbons (Fsp3) is 0.467. The molecule has 21 heavy (non-hydrogen) atoms. The van der Waals surface area contributed by atoms with Crippen molar-refractivity contribution < 1.29 is 9.59 Å². The Morgan fingerprint density at radius 3 is 2.90 bits per heavy atom. The van der Waals surface area contributed by atoms with E-state index in [0.717, 1.165) is 44.0 Å². The van der Waals surface area contributed by atoms with Crippen LogP contribution in [-0.4, -0.2) is 49.4 Å². The van der Waals surface area contributed by atoms with Crippen LogP contribution in [0.25, 0.3) is 0 Å². The topological polar surface area (TPSA) is 73.5 Å². The van der Waals surface area contributed by atoms with Crippen molar-refractivity contribution in [2.24, 2.45) is 0 Å². The van der Waals surface area contributed by atoms with E-state index in [1.807, 2.05) is 6.07 Å². The highest BCUT2D eigenvalue weighted by atomic mass is 16.2. The zero-order chi connectivity index (χ0) is 14.7. The van der Waals surface area contributed by atoms with Crippen LogP contribution in [-0.2, 0) is 11.3 Å². The van der Waals surface area contributed by atoms with E-state index in [4.69, 9.17) is 0 Å². The van der Waals surface area contributed by atoms with E-state index in [-0.39, 0.29) is 11.8 Å². The summed E-state index contributed by atoms with van der Waals surface area (Å²) in [5, 5.41) is 9.00. The molecule has 0 radical (unpaired) electrons. The third-order valence-electron chi connectivity index (χ3n) is 3.99. The smallest absolute Gasteiger partial charge is 0.251 e. The van der Waals surface area contributed by atoms with E-state index in [1.54, 1.807) is 12.1 Å². The highest BCUT2D eigenvalue weighted by Gasteiger charge is 2.22. The van der Waals surface area contributed by atoms with Crippen molar-refractivity contribution in [2.75, 3.05) is 38.0 Å². The van der Waals surface area contributed by atoms with Crippen LogP contribution < -0.4 is 16.0 Å². The van der Waals surface area contributed by atoms with Crippen LogP contribution in [0.15, 0.2) is 18.2 Å². The van der Waals surface area contributed by atoms with Gasteiger partial charge in [0.1, 0.15) is 0 Å². The van der Waals surface area contributed by atoms with E-state index in [1.165, 1.54) is 0 Å². The summed E-state index contributed by atoms with van der Waals surface area (Å²) in [4.78, 5) is 26.0. The number of benzene rings is 1. The molecule has 0 bridgehead atoms. The quantitative estimate of drug-likeness (QED) is 0.738. The van der Waals surface area contributed by atoms with Crippen LogP contribution in [0.5, 0.6) is 0 Å². The van der Waals surface area contributed by atoms with E-state index >= 15 is 0 Å². The molecule has 1 fully saturated rings. The number of nitrogens with zero attached hydrogens (tertiary/aromatic N) is 1. The molecule has 6 nitrogen and oxygen atoms in total. The predicted molar refractivity (Wildman–Crippen MR) is 80.2 cm³/mol. The molecule has 1 saturated heterocycles. The number of piperazine rings is 1. The van der Waals surface area contributed by atoms with Crippen molar-refractivity contribution in [1.29, 1.82) is 0 Å². The van der Waals surface area contributed by atoms with E-state index in [0.29, 0.717) is 18.5 Å². The molecule has 0 atom stereocenters. The maximum Gasteiger partial charge on any atom is 0.251 e. The Bertz CT molecular complexity index is 553. The lowest BCUT2D eigenvalue weighted by molar-refractivity contribution is -0.116. The Morgan fingerprint density at radius 1 is 1.29 bits per heavy atom. The maximum absolute atomic E-state index is 12.1. The van der Waals surface area contributed by atoms with Crippen LogP contribution in [0.1, 0.15) is 22.3 Å². The number of nitrogens with one attached hydrogen (secondary N) is 3. The van der Waals surface area contributed by atoms with Gasteiger partial charge in [0.25, 0.3) is 5.91 Å². The summed E-state index contributed by atoms with van der Waals surface area (Å²) in [6.45, 7) is 5.23. The normalized spacial score (nSPS) is 18.2. The molecule has 3 rings (SSSR count). The van der Waals surface area contributed by atoms with Gasteiger partial charge in [0.2, 0.25) is 5.91 Å². The first kappa shape index (κ1) is 14.0. The maximum atomic E-state index is 12.1. The van der Waals surface area contributed by atoms with Crippen molar-refractivity contribution in [2.45, 2.75) is 13.0 Å². The summed E-state index contributed by atoms with van der Waals surface area (Å²) in [7, 11) is 0. The van der Waals surface area contributed by atoms with E-state index in [2.05, 4.69) is 20.9 Å². The van der Waals surface area contributed by atoms with E-state index < -0.39 is 0 Å². The van der Waals surface area contributed by atoms with Gasteiger partial charge in [-0.3, -0.25) is 9.59 Å². The molecule has 0 aliphatic carbocycles. The van der Waals surface area contributed by atoms with Crippen LogP contribution >= 0.6 is 0 Å². The second kappa shape index (κ2) is 6.24. The van der Waals surface area contributed by atoms with Gasteiger partial charge in [0.05, 0.1) is 0 Å². The monoisotopic (exact) mass is 288 g/mol. The SMILES string of the molecule is O=C(CCN1CCNCC1)Nc1cccc2c1CNC2=O. The van der Waals surface area contributed by atoms with Crippen LogP contribution in [0.3, 0.4) is 0 Å². The summed E-state index contributed by atoms with van der Waals surface area (Å²) in [6.07, 6.45) is 0.477. The van der Waals surface area contributed by atoms with Gasteiger partial charge in [-0.2, -0.15) is 0 Å². The molecule has 6 heteroatoms. The Kier molecular flexibility index (Phi) is 4.17. The van der Waals surface area contributed by atoms with Crippen molar-refractivity contribution >= 4 is 17.5 Å². The van der Waals surface area contributed by atoms with Crippen LogP contribution in [0.2, 0.25) is 0 Å². The Hall–Kier alpha value is -1.92. The molecule has 0 saturated carbocycles. The molecule has 112 valence electrons. The van der Waals surface area contributed by atoms with Crippen molar-refractivity contribution in [3.8, 4) is 0 Å². The minimum absolute atomic E-state index is 0.00119. The first-order valence-corrected chi connectivity index (χ1v) is 7.37. The van der Waals surface area contributed by atoms with Gasteiger partial charge in [-0.25, -0.2) is 0 Å². The number of hydrogen-bond donors (Lipinski definition) is 3. The molecular formula is C15H20N4O2. The lowest BCUT2D eigenvalue weighted by Gasteiger charge is -2.26. The molecule has 3 N–H and O–H groups in total. The first-order valence-electron chi connectivity index (χ1n) is 7.37. The third-order valence-corrected chi connectivity index (χ3v) is 3.99. The highest BCUT2D eigenvalue weighted by Crippen LogP contribution is 2.24. The predicted octanol–water partition coefficient (Wildman–Crippen LogP) is 0.164. The van der Waals surface area contributed by atoms with Crippen LogP contribution in [0.4, 0.5) is 5.69 Å². The summed E-state index contributed by atoms with van der Waals surface area (Å²) in [6, 6.07) is 5.44. The molecular weight excluding hydrogens is 268 g/mol. The number of carbonyl (C=O) groups is 2. The van der Waals surface area contributed by atoms with Crippen molar-refractivity contribution in [3.05, 3.63) is 29.3 Å². The minimum Gasteiger partial charge on any atom is -0.348 e. The summed E-state index contributed by atoms with van der Waals surface area (Å²) in [5.41, 5.74) is 2.30. The van der Waals surface area contributed by atoms with Gasteiger partial charge >= 0.3 is 0 Å². The molecule has 2 heterocycles. The molecule has 1 aromatic carbocycles. The molecule has 2 amide bonds. The zero-order valence-electron chi connectivity index (χ0n) is 11.9. The number of hydrogen-bond acceptors (Lipinski definition) is 4. The van der Waals surface area contributed by atoms with Gasteiger partial charge in [0.15, 0.2) is 0 Å². The molecule has 0 aromatic heterocycles. The summed E-state index contributed by atoms with van der Waals surface area (Å²) >= 11 is 0. The third kappa shape index (κ3) is 3.22.